The van der Waals surface area contributed by atoms with Crippen LogP contribution in [-0.2, 0) is 40.5 Å². The van der Waals surface area contributed by atoms with Crippen molar-refractivity contribution in [2.24, 2.45) is 22.4 Å². The number of carbonyl (C=O) groups is 6. The van der Waals surface area contributed by atoms with Gasteiger partial charge in [0.05, 0.1) is 41.6 Å². The number of aromatic amines is 2. The number of hydrogen-bond donors (Lipinski definition) is 9. The first kappa shape index (κ1) is 56.2. The van der Waals surface area contributed by atoms with Gasteiger partial charge in [0.25, 0.3) is 16.0 Å². The fourth-order valence-electron chi connectivity index (χ4n) is 9.60. The van der Waals surface area contributed by atoms with Gasteiger partial charge in [-0.25, -0.2) is 0 Å². The van der Waals surface area contributed by atoms with Crippen LogP contribution in [0.15, 0.2) is 23.2 Å². The lowest BCUT2D eigenvalue weighted by molar-refractivity contribution is -0.140. The zero-order chi connectivity index (χ0) is 53.0. The molecule has 3 aromatic heterocycles. The molecule has 392 valence electrons. The summed E-state index contributed by atoms with van der Waals surface area (Å²) >= 11 is 0. The number of aliphatic imine (C=N–C) groups is 1. The fraction of sp³-hybridized carbons (Fsp3) is 0.540. The molecular weight excluding hydrogens is 949 g/mol. The number of aromatic nitrogens is 4. The molecule has 72 heavy (non-hydrogen) atoms. The van der Waals surface area contributed by atoms with Crippen LogP contribution in [0, 0.1) is 19.8 Å². The summed E-state index contributed by atoms with van der Waals surface area (Å²) < 4.78 is 38.1. The lowest BCUT2D eigenvalue weighted by atomic mass is 9.84. The SMILES string of the molecule is CC[C@H]1c2cc3[nH]c(c(CC(=O)OC)c4nc(cc5[nH]c(cc(n2)C1C)c(C(C)=O)c5C)C(C)[C@@H]4CCC(=O)NCC(CCC(=O)O)CNC(=O)CCCCCN=C(N)N)c(C(=O)NCCS(=O)(=O)O)c3C. The lowest BCUT2D eigenvalue weighted by Crippen LogP contribution is -2.37. The number of aliphatic carboxylic acids is 1. The van der Waals surface area contributed by atoms with Gasteiger partial charge < -0.3 is 47.2 Å². The van der Waals surface area contributed by atoms with Crippen molar-refractivity contribution in [1.82, 2.24) is 35.9 Å². The second-order valence-corrected chi connectivity index (χ2v) is 20.3. The van der Waals surface area contributed by atoms with Crippen molar-refractivity contribution in [3.05, 3.63) is 68.8 Å². The number of carbonyl (C=O) groups excluding carboxylic acids is 5. The first-order valence-electron chi connectivity index (χ1n) is 24.4. The van der Waals surface area contributed by atoms with Crippen LogP contribution in [-0.4, -0.2) is 118 Å². The molecule has 3 amide bonds. The van der Waals surface area contributed by atoms with Gasteiger partial charge in [0.15, 0.2) is 11.7 Å². The van der Waals surface area contributed by atoms with Crippen molar-refractivity contribution in [2.75, 3.05) is 39.0 Å². The van der Waals surface area contributed by atoms with E-state index in [1.54, 1.807) is 6.92 Å². The summed E-state index contributed by atoms with van der Waals surface area (Å²) in [5.41, 5.74) is 17.0. The molecule has 22 heteroatoms. The summed E-state index contributed by atoms with van der Waals surface area (Å²) in [5.74, 6) is -5.29. The number of rotatable bonds is 24. The van der Waals surface area contributed by atoms with Gasteiger partial charge in [-0.15, -0.1) is 0 Å². The van der Waals surface area contributed by atoms with E-state index in [4.69, 9.17) is 26.2 Å². The molecule has 2 aliphatic heterocycles. The van der Waals surface area contributed by atoms with Gasteiger partial charge in [0.2, 0.25) is 11.8 Å². The van der Waals surface area contributed by atoms with Crippen LogP contribution < -0.4 is 27.4 Å². The van der Waals surface area contributed by atoms with E-state index in [9.17, 15) is 46.8 Å². The van der Waals surface area contributed by atoms with Crippen LogP contribution in [0.3, 0.4) is 0 Å². The van der Waals surface area contributed by atoms with E-state index in [0.29, 0.717) is 76.1 Å². The Morgan fingerprint density at radius 1 is 0.819 bits per heavy atom. The minimum absolute atomic E-state index is 0.00591. The molecule has 0 aliphatic carbocycles. The summed E-state index contributed by atoms with van der Waals surface area (Å²) in [7, 11) is -3.21. The number of nitrogens with one attached hydrogen (secondary N) is 5. The number of nitrogens with zero attached hydrogens (tertiary/aromatic N) is 3. The van der Waals surface area contributed by atoms with Crippen molar-refractivity contribution >= 4 is 73.6 Å². The molecule has 21 nitrogen and oxygen atoms in total. The number of fused-ring (bicyclic) bond motifs is 8. The fourth-order valence-corrected chi connectivity index (χ4v) is 9.96. The van der Waals surface area contributed by atoms with Gasteiger partial charge in [0, 0.05) is 108 Å². The van der Waals surface area contributed by atoms with Crippen LogP contribution in [0.25, 0.3) is 22.1 Å². The number of unbranched alkanes of at least 4 members (excludes halogenated alkanes) is 2. The molecule has 0 spiro atoms. The average Bonchev–Trinajstić information content (AvgIpc) is 4.00. The van der Waals surface area contributed by atoms with E-state index in [1.807, 2.05) is 39.0 Å². The van der Waals surface area contributed by atoms with Crippen molar-refractivity contribution in [3.8, 4) is 0 Å². The quantitative estimate of drug-likeness (QED) is 0.0143. The number of guanidine groups is 1. The molecule has 0 saturated carbocycles. The number of H-pyrrole nitrogens is 2. The lowest BCUT2D eigenvalue weighted by Gasteiger charge is -2.20. The number of methoxy groups -OCH3 is 1. The maximum atomic E-state index is 14.3. The third-order valence-corrected chi connectivity index (χ3v) is 14.4. The summed E-state index contributed by atoms with van der Waals surface area (Å²) in [4.78, 5) is 100. The highest BCUT2D eigenvalue weighted by Gasteiger charge is 2.35. The van der Waals surface area contributed by atoms with Crippen molar-refractivity contribution < 1.29 is 51.6 Å². The number of ketones is 1. The maximum Gasteiger partial charge on any atom is 0.310 e. The largest absolute Gasteiger partial charge is 0.481 e. The Balaban J connectivity index is 1.61. The van der Waals surface area contributed by atoms with Gasteiger partial charge in [0.1, 0.15) is 0 Å². The number of Topliss-reactive ketones (excluding diaryl/α,β-unsaturated/α-hetero) is 1. The van der Waals surface area contributed by atoms with Crippen LogP contribution in [0.5, 0.6) is 0 Å². The topological polar surface area (TPSA) is 344 Å². The molecule has 11 N–H and O–H groups in total. The van der Waals surface area contributed by atoms with Gasteiger partial charge in [-0.05, 0) is 88.1 Å². The highest BCUT2D eigenvalue weighted by molar-refractivity contribution is 7.85. The van der Waals surface area contributed by atoms with Gasteiger partial charge >= 0.3 is 11.9 Å². The molecule has 0 aromatic carbocycles. The molecule has 0 fully saturated rings. The molecule has 8 bridgehead atoms. The normalized spacial score (nSPS) is 16.9. The Kier molecular flexibility index (Phi) is 19.6. The minimum Gasteiger partial charge on any atom is -0.481 e. The van der Waals surface area contributed by atoms with E-state index < -0.39 is 58.0 Å². The highest BCUT2D eigenvalue weighted by Crippen LogP contribution is 2.44. The molecule has 3 aromatic rings. The standard InChI is InChI=1S/C50H70N10O11S/c1-8-32-26(2)35-23-40-45(30(6)61)28(4)37(58-40)21-36-27(3)33(14-15-42(63)56-25-31(13-16-43(64)65)24-55-41(62)12-10-9-11-17-54-50(51)52)47(59-36)34(20-44(66)71-7)48-46(49(67)53-18-19-72(68,69)70)29(5)38(60-48)22-39(32)57-35/h21-23,26-27,31-33,58,60H,8-20,24-25H2,1-7H3,(H,53,67)(H,55,62)(H,56,63)(H,64,65)(H4,51,52,54)(H,68,69,70)/t26?,27?,31?,32-,33+/m1/s1. The average molecular weight is 1020 g/mol. The van der Waals surface area contributed by atoms with Gasteiger partial charge in [-0.2, -0.15) is 8.42 Å². The third-order valence-electron chi connectivity index (χ3n) is 13.7. The second kappa shape index (κ2) is 25.1. The summed E-state index contributed by atoms with van der Waals surface area (Å²) in [5, 5.41) is 17.9. The molecule has 3 unspecified atom stereocenters. The number of nitrogens with two attached hydrogens (primary N) is 2. The Hall–Kier alpha value is -6.68. The Morgan fingerprint density at radius 3 is 2.06 bits per heavy atom. The smallest absolute Gasteiger partial charge is 0.310 e. The number of aryl methyl sites for hydroxylation is 2. The van der Waals surface area contributed by atoms with Crippen molar-refractivity contribution in [1.29, 1.82) is 0 Å². The predicted molar refractivity (Wildman–Crippen MR) is 272 cm³/mol. The number of carboxylic acid groups (broad SMARTS) is 1. The van der Waals surface area contributed by atoms with E-state index in [0.717, 1.165) is 12.1 Å². The Morgan fingerprint density at radius 2 is 1.43 bits per heavy atom. The number of esters is 1. The summed E-state index contributed by atoms with van der Waals surface area (Å²) in [6, 6.07) is 5.58. The minimum atomic E-state index is -4.44. The van der Waals surface area contributed by atoms with Crippen LogP contribution in [0.1, 0.15) is 169 Å². The van der Waals surface area contributed by atoms with E-state index >= 15 is 0 Å². The van der Waals surface area contributed by atoms with Crippen LogP contribution in [0.4, 0.5) is 0 Å². The van der Waals surface area contributed by atoms with Crippen molar-refractivity contribution in [2.45, 2.75) is 129 Å². The number of amides is 3. The van der Waals surface area contributed by atoms with Crippen LogP contribution in [0.2, 0.25) is 0 Å². The number of ether oxygens (including phenoxy) is 1. The van der Waals surface area contributed by atoms with E-state index in [2.05, 4.69) is 37.8 Å². The molecule has 0 saturated heterocycles. The molecule has 5 rings (SSSR count). The highest BCUT2D eigenvalue weighted by atomic mass is 32.2. The Labute approximate surface area is 419 Å². The van der Waals surface area contributed by atoms with Gasteiger partial charge in [-0.3, -0.25) is 48.3 Å². The second-order valence-electron chi connectivity index (χ2n) is 18.8. The van der Waals surface area contributed by atoms with Gasteiger partial charge in [-0.1, -0.05) is 27.2 Å². The van der Waals surface area contributed by atoms with E-state index in [1.165, 1.54) is 14.0 Å². The van der Waals surface area contributed by atoms with Crippen molar-refractivity contribution in [3.63, 3.8) is 0 Å². The predicted octanol–water partition coefficient (Wildman–Crippen LogP) is 4.98. The maximum absolute atomic E-state index is 14.3. The molecule has 5 heterocycles. The van der Waals surface area contributed by atoms with E-state index in [-0.39, 0.29) is 104 Å². The zero-order valence-corrected chi connectivity index (χ0v) is 43.0. The first-order chi connectivity index (χ1) is 34.0. The monoisotopic (exact) mass is 1020 g/mol. The third kappa shape index (κ3) is 14.7. The zero-order valence-electron chi connectivity index (χ0n) is 42.2. The van der Waals surface area contributed by atoms with Crippen LogP contribution >= 0.6 is 0 Å². The molecular formula is C50H70N10O11S. The Bertz CT molecular complexity index is 2850. The summed E-state index contributed by atoms with van der Waals surface area (Å²) in [6.45, 7) is 11.4. The number of carboxylic acids is 1. The molecule has 2 aliphatic rings. The first-order valence-corrected chi connectivity index (χ1v) is 26.0. The number of hydrogen-bond acceptors (Lipinski definition) is 12. The molecule has 0 radical (unpaired) electrons. The molecule has 5 atom stereocenters. The summed E-state index contributed by atoms with van der Waals surface area (Å²) in [6.07, 6.45) is 2.80.